The monoisotopic (exact) mass is 268 g/mol. The first kappa shape index (κ1) is 15.7. The lowest BCUT2D eigenvalue weighted by atomic mass is 9.98. The van der Waals surface area contributed by atoms with E-state index in [2.05, 4.69) is 0 Å². The van der Waals surface area contributed by atoms with E-state index < -0.39 is 23.9 Å². The maximum atomic E-state index is 13.0. The van der Waals surface area contributed by atoms with Crippen LogP contribution in [0.3, 0.4) is 0 Å². The molecular formula is C12H23F3N2O. The van der Waals surface area contributed by atoms with Crippen LogP contribution in [0, 0.1) is 0 Å². The van der Waals surface area contributed by atoms with Gasteiger partial charge >= 0.3 is 6.18 Å². The van der Waals surface area contributed by atoms with Gasteiger partial charge in [-0.05, 0) is 26.3 Å². The van der Waals surface area contributed by atoms with Crippen LogP contribution in [-0.4, -0.2) is 47.5 Å². The van der Waals surface area contributed by atoms with Gasteiger partial charge in [0.2, 0.25) is 0 Å². The van der Waals surface area contributed by atoms with Crippen LogP contribution in [0.1, 0.15) is 39.0 Å². The van der Waals surface area contributed by atoms with Gasteiger partial charge in [-0.25, -0.2) is 0 Å². The molecule has 3 N–H and O–H groups in total. The fourth-order valence-electron chi connectivity index (χ4n) is 2.80. The van der Waals surface area contributed by atoms with E-state index in [1.54, 1.807) is 6.92 Å². The van der Waals surface area contributed by atoms with Crippen molar-refractivity contribution in [2.75, 3.05) is 13.6 Å². The van der Waals surface area contributed by atoms with E-state index in [0.717, 1.165) is 12.8 Å². The van der Waals surface area contributed by atoms with Crippen LogP contribution in [0.25, 0.3) is 0 Å². The van der Waals surface area contributed by atoms with Crippen molar-refractivity contribution < 1.29 is 18.3 Å². The summed E-state index contributed by atoms with van der Waals surface area (Å²) in [6, 6.07) is -2.65. The largest absolute Gasteiger partial charge is 0.405 e. The van der Waals surface area contributed by atoms with Gasteiger partial charge in [0.15, 0.2) is 0 Å². The molecule has 0 radical (unpaired) electrons. The lowest BCUT2D eigenvalue weighted by molar-refractivity contribution is -0.191. The number of hydrogen-bond acceptors (Lipinski definition) is 3. The quantitative estimate of drug-likeness (QED) is 0.800. The van der Waals surface area contributed by atoms with Crippen molar-refractivity contribution in [2.24, 2.45) is 5.73 Å². The summed E-state index contributed by atoms with van der Waals surface area (Å²) >= 11 is 0. The van der Waals surface area contributed by atoms with Crippen LogP contribution < -0.4 is 5.73 Å². The third kappa shape index (κ3) is 3.83. The Kier molecular flexibility index (Phi) is 5.03. The normalized spacial score (nSPS) is 23.3. The molecule has 0 aromatic heterocycles. The zero-order valence-electron chi connectivity index (χ0n) is 11.0. The van der Waals surface area contributed by atoms with E-state index in [-0.39, 0.29) is 13.0 Å². The van der Waals surface area contributed by atoms with Crippen molar-refractivity contribution in [1.29, 1.82) is 0 Å². The van der Waals surface area contributed by atoms with Gasteiger partial charge in [-0.3, -0.25) is 4.90 Å². The zero-order chi connectivity index (χ0) is 14.0. The smallest absolute Gasteiger partial charge is 0.389 e. The zero-order valence-corrected chi connectivity index (χ0v) is 11.0. The third-order valence-electron chi connectivity index (χ3n) is 3.77. The van der Waals surface area contributed by atoms with Crippen LogP contribution in [0.5, 0.6) is 0 Å². The van der Waals surface area contributed by atoms with E-state index in [0.29, 0.717) is 12.8 Å². The summed E-state index contributed by atoms with van der Waals surface area (Å²) in [6.45, 7) is 1.67. The van der Waals surface area contributed by atoms with E-state index in [1.807, 2.05) is 0 Å². The second-order valence-corrected chi connectivity index (χ2v) is 5.41. The van der Waals surface area contributed by atoms with E-state index in [1.165, 1.54) is 11.9 Å². The van der Waals surface area contributed by atoms with Gasteiger partial charge in [0.1, 0.15) is 6.04 Å². The topological polar surface area (TPSA) is 49.5 Å². The lowest BCUT2D eigenvalue weighted by Gasteiger charge is -2.37. The molecule has 108 valence electrons. The molecule has 0 bridgehead atoms. The summed E-state index contributed by atoms with van der Waals surface area (Å²) in [6.07, 6.45) is -1.21. The molecular weight excluding hydrogens is 245 g/mol. The number of nitrogens with zero attached hydrogens (tertiary/aromatic N) is 1. The minimum atomic E-state index is -4.36. The lowest BCUT2D eigenvalue weighted by Crippen LogP contribution is -2.57. The third-order valence-corrected chi connectivity index (χ3v) is 3.77. The highest BCUT2D eigenvalue weighted by Gasteiger charge is 2.47. The summed E-state index contributed by atoms with van der Waals surface area (Å²) in [7, 11) is 1.39. The highest BCUT2D eigenvalue weighted by Crippen LogP contribution is 2.33. The second-order valence-electron chi connectivity index (χ2n) is 5.41. The van der Waals surface area contributed by atoms with Gasteiger partial charge in [-0.2, -0.15) is 13.2 Å². The average molecular weight is 268 g/mol. The van der Waals surface area contributed by atoms with E-state index in [9.17, 15) is 18.3 Å². The summed E-state index contributed by atoms with van der Waals surface area (Å²) in [4.78, 5) is 1.17. The highest BCUT2D eigenvalue weighted by atomic mass is 19.4. The minimum absolute atomic E-state index is 0.0326. The highest BCUT2D eigenvalue weighted by molar-refractivity contribution is 4.92. The summed E-state index contributed by atoms with van der Waals surface area (Å²) in [5, 5.41) is 10.2. The van der Waals surface area contributed by atoms with Gasteiger partial charge in [-0.1, -0.05) is 19.8 Å². The summed E-state index contributed by atoms with van der Waals surface area (Å²) < 4.78 is 39.0. The number of rotatable bonds is 5. The maximum Gasteiger partial charge on any atom is 0.405 e. The number of alkyl halides is 3. The minimum Gasteiger partial charge on any atom is -0.389 e. The molecule has 0 heterocycles. The van der Waals surface area contributed by atoms with Crippen LogP contribution in [0.2, 0.25) is 0 Å². The SMILES string of the molecule is CCC(N)C(N(C)CC1(O)CCCC1)C(F)(F)F. The van der Waals surface area contributed by atoms with Crippen molar-refractivity contribution >= 4 is 0 Å². The molecule has 0 spiro atoms. The number of likely N-dealkylation sites (N-methyl/N-ethyl adjacent to an activating group) is 1. The predicted molar refractivity (Wildman–Crippen MR) is 64.2 cm³/mol. The molecule has 2 atom stereocenters. The van der Waals surface area contributed by atoms with Gasteiger partial charge in [0, 0.05) is 12.6 Å². The van der Waals surface area contributed by atoms with Crippen molar-refractivity contribution in [3.63, 3.8) is 0 Å². The Morgan fingerprint density at radius 2 is 1.83 bits per heavy atom. The first-order chi connectivity index (χ1) is 8.19. The fraction of sp³-hybridized carbons (Fsp3) is 1.00. The molecule has 0 saturated heterocycles. The number of hydrogen-bond donors (Lipinski definition) is 2. The standard InChI is InChI=1S/C12H23F3N2O/c1-3-9(16)10(12(13,14)15)17(2)8-11(18)6-4-5-7-11/h9-10,18H,3-8,16H2,1-2H3. The Bertz CT molecular complexity index is 265. The van der Waals surface area contributed by atoms with Crippen LogP contribution in [0.4, 0.5) is 13.2 Å². The molecule has 1 aliphatic rings. The van der Waals surface area contributed by atoms with E-state index in [4.69, 9.17) is 5.73 Å². The maximum absolute atomic E-state index is 13.0. The molecule has 0 aromatic rings. The van der Waals surface area contributed by atoms with Crippen LogP contribution >= 0.6 is 0 Å². The molecule has 6 heteroatoms. The van der Waals surface area contributed by atoms with E-state index >= 15 is 0 Å². The first-order valence-electron chi connectivity index (χ1n) is 6.44. The Hall–Kier alpha value is -0.330. The molecule has 0 aromatic carbocycles. The Morgan fingerprint density at radius 3 is 2.22 bits per heavy atom. The summed E-state index contributed by atoms with van der Waals surface area (Å²) in [5.41, 5.74) is 4.60. The van der Waals surface area contributed by atoms with Crippen LogP contribution in [-0.2, 0) is 0 Å². The molecule has 3 nitrogen and oxygen atoms in total. The molecule has 0 amide bonds. The van der Waals surface area contributed by atoms with Crippen molar-refractivity contribution in [3.8, 4) is 0 Å². The van der Waals surface area contributed by atoms with Crippen molar-refractivity contribution in [1.82, 2.24) is 4.90 Å². The molecule has 1 saturated carbocycles. The fourth-order valence-corrected chi connectivity index (χ4v) is 2.80. The number of halogens is 3. The van der Waals surface area contributed by atoms with Gasteiger partial charge < -0.3 is 10.8 Å². The Balaban J connectivity index is 2.73. The molecule has 1 fully saturated rings. The second kappa shape index (κ2) is 5.75. The first-order valence-corrected chi connectivity index (χ1v) is 6.44. The van der Waals surface area contributed by atoms with Gasteiger partial charge in [0.25, 0.3) is 0 Å². The number of nitrogens with two attached hydrogens (primary N) is 1. The molecule has 1 rings (SSSR count). The van der Waals surface area contributed by atoms with Gasteiger partial charge in [-0.15, -0.1) is 0 Å². The predicted octanol–water partition coefficient (Wildman–Crippen LogP) is 1.89. The molecule has 18 heavy (non-hydrogen) atoms. The van der Waals surface area contributed by atoms with Crippen molar-refractivity contribution in [3.05, 3.63) is 0 Å². The van der Waals surface area contributed by atoms with Crippen molar-refractivity contribution in [2.45, 2.75) is 62.9 Å². The molecule has 2 unspecified atom stereocenters. The van der Waals surface area contributed by atoms with Crippen LogP contribution in [0.15, 0.2) is 0 Å². The number of aliphatic hydroxyl groups is 1. The average Bonchev–Trinajstić information content (AvgIpc) is 2.62. The Morgan fingerprint density at radius 1 is 1.33 bits per heavy atom. The summed E-state index contributed by atoms with van der Waals surface area (Å²) in [5.74, 6) is 0. The molecule has 0 aliphatic heterocycles. The molecule has 1 aliphatic carbocycles. The van der Waals surface area contributed by atoms with Gasteiger partial charge in [0.05, 0.1) is 5.60 Å². The Labute approximate surface area is 106 Å².